The minimum atomic E-state index is -0.795. The third-order valence-corrected chi connectivity index (χ3v) is 3.40. The number of benzene rings is 1. The highest BCUT2D eigenvalue weighted by Gasteiger charge is 2.22. The molecule has 1 N–H and O–H groups in total. The Kier molecular flexibility index (Phi) is 5.44. The highest BCUT2D eigenvalue weighted by atomic mass is 16.3. The van der Waals surface area contributed by atoms with Crippen molar-refractivity contribution in [1.29, 1.82) is 5.26 Å². The molecule has 0 aliphatic heterocycles. The van der Waals surface area contributed by atoms with Crippen LogP contribution in [0.5, 0.6) is 0 Å². The Morgan fingerprint density at radius 2 is 1.86 bits per heavy atom. The van der Waals surface area contributed by atoms with E-state index in [9.17, 15) is 10.4 Å². The third kappa shape index (κ3) is 4.38. The first kappa shape index (κ1) is 15.2. The molecular formula is C17H19N3O. The van der Waals surface area contributed by atoms with Crippen molar-refractivity contribution in [2.45, 2.75) is 12.6 Å². The van der Waals surface area contributed by atoms with Crippen LogP contribution in [-0.4, -0.2) is 28.6 Å². The summed E-state index contributed by atoms with van der Waals surface area (Å²) in [6.07, 6.45) is 2.46. The van der Waals surface area contributed by atoms with Crippen molar-refractivity contribution >= 4 is 0 Å². The van der Waals surface area contributed by atoms with Crippen LogP contribution in [0.3, 0.4) is 0 Å². The standard InChI is InChI=1S/C17H19N3O/c1-20(12-14-5-3-2-4-6-14)13-16(11-18)17(21)15-7-9-19-10-8-15/h2-10,16-17,21H,12-13H2,1H3/t16-,17-/m1/s1. The maximum atomic E-state index is 10.3. The molecule has 2 aromatic rings. The molecule has 4 nitrogen and oxygen atoms in total. The lowest BCUT2D eigenvalue weighted by Gasteiger charge is -2.23. The Bertz CT molecular complexity index is 580. The topological polar surface area (TPSA) is 60.2 Å². The zero-order chi connectivity index (χ0) is 15.1. The van der Waals surface area contributed by atoms with Gasteiger partial charge < -0.3 is 10.0 Å². The normalized spacial score (nSPS) is 13.6. The molecule has 0 unspecified atom stereocenters. The second-order valence-electron chi connectivity index (χ2n) is 5.14. The van der Waals surface area contributed by atoms with Gasteiger partial charge in [-0.05, 0) is 30.3 Å². The quantitative estimate of drug-likeness (QED) is 0.883. The van der Waals surface area contributed by atoms with Crippen LogP contribution in [0.2, 0.25) is 0 Å². The summed E-state index contributed by atoms with van der Waals surface area (Å²) in [6.45, 7) is 1.26. The number of pyridine rings is 1. The summed E-state index contributed by atoms with van der Waals surface area (Å²) in [5.41, 5.74) is 1.92. The van der Waals surface area contributed by atoms with E-state index in [0.717, 1.165) is 12.1 Å². The molecule has 2 atom stereocenters. The number of aromatic nitrogens is 1. The maximum absolute atomic E-state index is 10.3. The average Bonchev–Trinajstić information content (AvgIpc) is 2.53. The number of aliphatic hydroxyl groups excluding tert-OH is 1. The first-order chi connectivity index (χ1) is 10.2. The van der Waals surface area contributed by atoms with Crippen molar-refractivity contribution < 1.29 is 5.11 Å². The van der Waals surface area contributed by atoms with Crippen LogP contribution >= 0.6 is 0 Å². The highest BCUT2D eigenvalue weighted by Crippen LogP contribution is 2.22. The van der Waals surface area contributed by atoms with Crippen molar-refractivity contribution in [2.75, 3.05) is 13.6 Å². The summed E-state index contributed by atoms with van der Waals surface area (Å²) in [7, 11) is 1.95. The second kappa shape index (κ2) is 7.53. The first-order valence-electron chi connectivity index (χ1n) is 6.91. The van der Waals surface area contributed by atoms with Crippen molar-refractivity contribution in [2.24, 2.45) is 5.92 Å². The van der Waals surface area contributed by atoms with E-state index in [2.05, 4.69) is 23.2 Å². The summed E-state index contributed by atoms with van der Waals surface area (Å²) in [4.78, 5) is 5.97. The Labute approximate surface area is 125 Å². The molecule has 0 bridgehead atoms. The fourth-order valence-electron chi connectivity index (χ4n) is 2.30. The first-order valence-corrected chi connectivity index (χ1v) is 6.91. The molecule has 0 aliphatic rings. The molecule has 0 saturated heterocycles. The van der Waals surface area contributed by atoms with E-state index in [1.54, 1.807) is 24.5 Å². The van der Waals surface area contributed by atoms with Gasteiger partial charge in [-0.2, -0.15) is 5.26 Å². The molecule has 0 spiro atoms. The lowest BCUT2D eigenvalue weighted by atomic mass is 9.97. The fraction of sp³-hybridized carbons (Fsp3) is 0.294. The van der Waals surface area contributed by atoms with Crippen LogP contribution in [0.4, 0.5) is 0 Å². The van der Waals surface area contributed by atoms with Crippen molar-refractivity contribution in [1.82, 2.24) is 9.88 Å². The van der Waals surface area contributed by atoms with Gasteiger partial charge >= 0.3 is 0 Å². The van der Waals surface area contributed by atoms with E-state index in [-0.39, 0.29) is 0 Å². The van der Waals surface area contributed by atoms with E-state index < -0.39 is 12.0 Å². The lowest BCUT2D eigenvalue weighted by molar-refractivity contribution is 0.111. The van der Waals surface area contributed by atoms with Gasteiger partial charge in [-0.3, -0.25) is 4.98 Å². The van der Waals surface area contributed by atoms with Crippen LogP contribution in [0.1, 0.15) is 17.2 Å². The number of nitriles is 1. The number of nitrogens with zero attached hydrogens (tertiary/aromatic N) is 3. The van der Waals surface area contributed by atoms with Gasteiger partial charge in [-0.25, -0.2) is 0 Å². The van der Waals surface area contributed by atoms with Gasteiger partial charge in [0.15, 0.2) is 0 Å². The van der Waals surface area contributed by atoms with E-state index >= 15 is 0 Å². The monoisotopic (exact) mass is 281 g/mol. The molecule has 1 heterocycles. The molecule has 2 rings (SSSR count). The van der Waals surface area contributed by atoms with Crippen LogP contribution in [0.25, 0.3) is 0 Å². The Morgan fingerprint density at radius 1 is 1.19 bits per heavy atom. The molecule has 0 saturated carbocycles. The minimum absolute atomic E-state index is 0.471. The molecule has 0 amide bonds. The zero-order valence-electron chi connectivity index (χ0n) is 12.1. The molecule has 108 valence electrons. The molecule has 4 heteroatoms. The van der Waals surface area contributed by atoms with E-state index in [1.165, 1.54) is 5.56 Å². The van der Waals surface area contributed by atoms with E-state index in [1.807, 2.05) is 30.1 Å². The van der Waals surface area contributed by atoms with Gasteiger partial charge in [-0.15, -0.1) is 0 Å². The molecule has 21 heavy (non-hydrogen) atoms. The van der Waals surface area contributed by atoms with Crippen LogP contribution in [-0.2, 0) is 6.54 Å². The largest absolute Gasteiger partial charge is 0.387 e. The Balaban J connectivity index is 1.97. The van der Waals surface area contributed by atoms with Crippen molar-refractivity contribution in [3.05, 3.63) is 66.0 Å². The molecule has 0 radical (unpaired) electrons. The number of hydrogen-bond donors (Lipinski definition) is 1. The van der Waals surface area contributed by atoms with Crippen molar-refractivity contribution in [3.63, 3.8) is 0 Å². The zero-order valence-corrected chi connectivity index (χ0v) is 12.1. The SMILES string of the molecule is CN(Cc1ccccc1)C[C@@H](C#N)[C@H](O)c1ccncc1. The van der Waals surface area contributed by atoms with Crippen LogP contribution < -0.4 is 0 Å². The van der Waals surface area contributed by atoms with E-state index in [4.69, 9.17) is 0 Å². The predicted octanol–water partition coefficient (Wildman–Crippen LogP) is 2.39. The summed E-state index contributed by atoms with van der Waals surface area (Å²) in [5, 5.41) is 19.6. The fourth-order valence-corrected chi connectivity index (χ4v) is 2.30. The van der Waals surface area contributed by atoms with Crippen LogP contribution in [0.15, 0.2) is 54.9 Å². The summed E-state index contributed by atoms with van der Waals surface area (Å²) in [6, 6.07) is 15.8. The average molecular weight is 281 g/mol. The molecule has 0 aliphatic carbocycles. The summed E-state index contributed by atoms with van der Waals surface area (Å²) < 4.78 is 0. The van der Waals surface area contributed by atoms with Gasteiger partial charge in [0.25, 0.3) is 0 Å². The maximum Gasteiger partial charge on any atom is 0.0961 e. The smallest absolute Gasteiger partial charge is 0.0961 e. The predicted molar refractivity (Wildman–Crippen MR) is 81.1 cm³/mol. The van der Waals surface area contributed by atoms with Gasteiger partial charge in [0, 0.05) is 25.5 Å². The second-order valence-corrected chi connectivity index (χ2v) is 5.14. The van der Waals surface area contributed by atoms with Gasteiger partial charge in [0.05, 0.1) is 18.1 Å². The Hall–Kier alpha value is -2.22. The third-order valence-electron chi connectivity index (χ3n) is 3.40. The summed E-state index contributed by atoms with van der Waals surface area (Å²) >= 11 is 0. The highest BCUT2D eigenvalue weighted by molar-refractivity contribution is 5.17. The number of hydrogen-bond acceptors (Lipinski definition) is 4. The molecule has 1 aromatic carbocycles. The van der Waals surface area contributed by atoms with Crippen LogP contribution in [0, 0.1) is 17.2 Å². The van der Waals surface area contributed by atoms with Gasteiger partial charge in [0.1, 0.15) is 0 Å². The van der Waals surface area contributed by atoms with Crippen molar-refractivity contribution in [3.8, 4) is 6.07 Å². The van der Waals surface area contributed by atoms with E-state index in [0.29, 0.717) is 6.54 Å². The molecule has 0 fully saturated rings. The molecule has 1 aromatic heterocycles. The minimum Gasteiger partial charge on any atom is -0.387 e. The molecular weight excluding hydrogens is 262 g/mol. The number of aliphatic hydroxyl groups is 1. The van der Waals surface area contributed by atoms with Gasteiger partial charge in [0.2, 0.25) is 0 Å². The lowest BCUT2D eigenvalue weighted by Crippen LogP contribution is -2.28. The number of rotatable bonds is 6. The Morgan fingerprint density at radius 3 is 2.48 bits per heavy atom. The van der Waals surface area contributed by atoms with Gasteiger partial charge in [-0.1, -0.05) is 30.3 Å². The summed E-state index contributed by atoms with van der Waals surface area (Å²) in [5.74, 6) is -0.471.